The van der Waals surface area contributed by atoms with Crippen LogP contribution in [0.3, 0.4) is 0 Å². The van der Waals surface area contributed by atoms with Gasteiger partial charge in [0.15, 0.2) is 0 Å². The molecule has 0 bridgehead atoms. The second kappa shape index (κ2) is 4.69. The molecule has 0 unspecified atom stereocenters. The summed E-state index contributed by atoms with van der Waals surface area (Å²) in [4.78, 5) is -0.337. The molecule has 0 heterocycles. The van der Waals surface area contributed by atoms with E-state index in [1.807, 2.05) is 0 Å². The average molecular weight is 232 g/mol. The molecule has 0 aliphatic rings. The van der Waals surface area contributed by atoms with E-state index in [1.165, 1.54) is 12.1 Å². The van der Waals surface area contributed by atoms with Crippen molar-refractivity contribution in [2.45, 2.75) is 11.8 Å². The van der Waals surface area contributed by atoms with Crippen LogP contribution in [0.4, 0.5) is 4.39 Å². The highest BCUT2D eigenvalue weighted by atomic mass is 32.2. The van der Waals surface area contributed by atoms with Crippen LogP contribution in [0.2, 0.25) is 0 Å². The van der Waals surface area contributed by atoms with E-state index in [0.29, 0.717) is 5.56 Å². The number of rotatable bonds is 4. The summed E-state index contributed by atoms with van der Waals surface area (Å²) in [7, 11) is -3.78. The molecule has 1 aromatic carbocycles. The first-order valence-electron chi connectivity index (χ1n) is 4.43. The van der Waals surface area contributed by atoms with Gasteiger partial charge >= 0.3 is 0 Å². The molecule has 0 atom stereocenters. The molecule has 0 saturated heterocycles. The summed E-state index contributed by atoms with van der Waals surface area (Å²) in [6, 6.07) is 3.93. The van der Waals surface area contributed by atoms with Gasteiger partial charge in [-0.2, -0.15) is 0 Å². The van der Waals surface area contributed by atoms with Gasteiger partial charge in [0.2, 0.25) is 10.0 Å². The Balaban J connectivity index is 3.09. The van der Waals surface area contributed by atoms with E-state index in [0.717, 1.165) is 6.07 Å². The maximum Gasteiger partial charge on any atom is 0.243 e. The van der Waals surface area contributed by atoms with Gasteiger partial charge in [-0.15, -0.1) is 0 Å². The Kier molecular flexibility index (Phi) is 3.78. The lowest BCUT2D eigenvalue weighted by Crippen LogP contribution is -2.29. The number of aryl methyl sites for hydroxylation is 1. The van der Waals surface area contributed by atoms with Crippen LogP contribution in [-0.4, -0.2) is 21.5 Å². The van der Waals surface area contributed by atoms with Crippen LogP contribution in [0, 0.1) is 12.7 Å². The number of halogens is 1. The van der Waals surface area contributed by atoms with Crippen LogP contribution < -0.4 is 10.5 Å². The van der Waals surface area contributed by atoms with E-state index in [9.17, 15) is 12.8 Å². The molecule has 0 radical (unpaired) electrons. The monoisotopic (exact) mass is 232 g/mol. The molecule has 0 aliphatic carbocycles. The van der Waals surface area contributed by atoms with E-state index in [4.69, 9.17) is 5.73 Å². The van der Waals surface area contributed by atoms with Gasteiger partial charge in [0.25, 0.3) is 0 Å². The maximum atomic E-state index is 13.2. The molecule has 0 amide bonds. The minimum Gasteiger partial charge on any atom is -0.329 e. The van der Waals surface area contributed by atoms with Crippen LogP contribution in [-0.2, 0) is 10.0 Å². The topological polar surface area (TPSA) is 72.2 Å². The fraction of sp³-hybridized carbons (Fsp3) is 0.333. The third-order valence-corrected chi connectivity index (χ3v) is 3.29. The molecule has 0 saturated carbocycles. The van der Waals surface area contributed by atoms with Gasteiger partial charge in [-0.3, -0.25) is 0 Å². The fourth-order valence-corrected chi connectivity index (χ4v) is 2.30. The Morgan fingerprint density at radius 3 is 2.73 bits per heavy atom. The first-order chi connectivity index (χ1) is 6.97. The first-order valence-corrected chi connectivity index (χ1v) is 5.91. The van der Waals surface area contributed by atoms with E-state index in [2.05, 4.69) is 4.72 Å². The highest BCUT2D eigenvalue weighted by Gasteiger charge is 2.17. The van der Waals surface area contributed by atoms with Crippen LogP contribution in [0.5, 0.6) is 0 Å². The minimum absolute atomic E-state index is 0.0930. The van der Waals surface area contributed by atoms with Crippen molar-refractivity contribution in [2.24, 2.45) is 5.73 Å². The number of hydrogen-bond donors (Lipinski definition) is 2. The standard InChI is InChI=1S/C9H13FN2O2S/c1-7-2-3-8(10)9(6-7)15(13,14)12-5-4-11/h2-3,6,12H,4-5,11H2,1H3. The van der Waals surface area contributed by atoms with Crippen LogP contribution >= 0.6 is 0 Å². The van der Waals surface area contributed by atoms with Gasteiger partial charge in [-0.05, 0) is 24.6 Å². The van der Waals surface area contributed by atoms with Crippen molar-refractivity contribution in [3.05, 3.63) is 29.6 Å². The molecule has 0 fully saturated rings. The van der Waals surface area contributed by atoms with Crippen molar-refractivity contribution in [3.8, 4) is 0 Å². The summed E-state index contributed by atoms with van der Waals surface area (Å²) >= 11 is 0. The SMILES string of the molecule is Cc1ccc(F)c(S(=O)(=O)NCCN)c1. The van der Waals surface area contributed by atoms with Crippen molar-refractivity contribution in [1.82, 2.24) is 4.72 Å². The van der Waals surface area contributed by atoms with Crippen molar-refractivity contribution >= 4 is 10.0 Å². The second-order valence-electron chi connectivity index (χ2n) is 3.12. The molecule has 0 spiro atoms. The number of nitrogens with one attached hydrogen (secondary N) is 1. The van der Waals surface area contributed by atoms with Gasteiger partial charge in [-0.1, -0.05) is 6.07 Å². The van der Waals surface area contributed by atoms with E-state index in [1.54, 1.807) is 6.92 Å². The Hall–Kier alpha value is -0.980. The molecule has 1 aromatic rings. The summed E-state index contributed by atoms with van der Waals surface area (Å²) in [5.41, 5.74) is 5.85. The minimum atomic E-state index is -3.78. The van der Waals surface area contributed by atoms with E-state index in [-0.39, 0.29) is 18.0 Å². The summed E-state index contributed by atoms with van der Waals surface area (Å²) < 4.78 is 38.6. The maximum absolute atomic E-state index is 13.2. The zero-order valence-electron chi connectivity index (χ0n) is 8.33. The Morgan fingerprint density at radius 2 is 2.13 bits per heavy atom. The molecule has 0 aromatic heterocycles. The normalized spacial score (nSPS) is 11.7. The van der Waals surface area contributed by atoms with Gasteiger partial charge in [0.1, 0.15) is 10.7 Å². The fourth-order valence-electron chi connectivity index (χ4n) is 1.09. The van der Waals surface area contributed by atoms with Crippen molar-refractivity contribution in [3.63, 3.8) is 0 Å². The van der Waals surface area contributed by atoms with Gasteiger partial charge in [-0.25, -0.2) is 17.5 Å². The zero-order chi connectivity index (χ0) is 11.5. The van der Waals surface area contributed by atoms with Crippen LogP contribution in [0.1, 0.15) is 5.56 Å². The molecule has 3 N–H and O–H groups in total. The van der Waals surface area contributed by atoms with Crippen LogP contribution in [0.25, 0.3) is 0 Å². The Morgan fingerprint density at radius 1 is 1.47 bits per heavy atom. The zero-order valence-corrected chi connectivity index (χ0v) is 9.14. The molecule has 1 rings (SSSR count). The lowest BCUT2D eigenvalue weighted by atomic mass is 10.2. The smallest absolute Gasteiger partial charge is 0.243 e. The van der Waals surface area contributed by atoms with Crippen molar-refractivity contribution in [1.29, 1.82) is 0 Å². The second-order valence-corrected chi connectivity index (χ2v) is 4.86. The number of hydrogen-bond acceptors (Lipinski definition) is 3. The summed E-state index contributed by atoms with van der Waals surface area (Å²) in [6.07, 6.45) is 0. The predicted octanol–water partition coefficient (Wildman–Crippen LogP) is 0.371. The molecule has 6 heteroatoms. The first kappa shape index (κ1) is 12.1. The quantitative estimate of drug-likeness (QED) is 0.788. The third-order valence-electron chi connectivity index (χ3n) is 1.81. The predicted molar refractivity (Wildman–Crippen MR) is 55.4 cm³/mol. The van der Waals surface area contributed by atoms with E-state index < -0.39 is 15.8 Å². The molecule has 84 valence electrons. The summed E-state index contributed by atoms with van der Waals surface area (Å²) in [6.45, 7) is 1.96. The molecule has 0 aliphatic heterocycles. The van der Waals surface area contributed by atoms with Gasteiger partial charge in [0, 0.05) is 13.1 Å². The van der Waals surface area contributed by atoms with Crippen molar-refractivity contribution in [2.75, 3.05) is 13.1 Å². The highest BCUT2D eigenvalue weighted by molar-refractivity contribution is 7.89. The molecule has 4 nitrogen and oxygen atoms in total. The van der Waals surface area contributed by atoms with Crippen molar-refractivity contribution < 1.29 is 12.8 Å². The highest BCUT2D eigenvalue weighted by Crippen LogP contribution is 2.15. The van der Waals surface area contributed by atoms with E-state index >= 15 is 0 Å². The number of sulfonamides is 1. The number of benzene rings is 1. The Labute approximate surface area is 88.3 Å². The van der Waals surface area contributed by atoms with Gasteiger partial charge < -0.3 is 5.73 Å². The van der Waals surface area contributed by atoms with Gasteiger partial charge in [0.05, 0.1) is 0 Å². The molecular formula is C9H13FN2O2S. The number of nitrogens with two attached hydrogens (primary N) is 1. The lowest BCUT2D eigenvalue weighted by Gasteiger charge is -2.07. The molecule has 15 heavy (non-hydrogen) atoms. The molecular weight excluding hydrogens is 219 g/mol. The Bertz CT molecular complexity index is 445. The van der Waals surface area contributed by atoms with Crippen LogP contribution in [0.15, 0.2) is 23.1 Å². The third kappa shape index (κ3) is 2.98. The average Bonchev–Trinajstić information content (AvgIpc) is 2.18. The summed E-state index contributed by atoms with van der Waals surface area (Å²) in [5, 5.41) is 0. The lowest BCUT2D eigenvalue weighted by molar-refractivity contribution is 0.557. The summed E-state index contributed by atoms with van der Waals surface area (Å²) in [5.74, 6) is -0.759. The largest absolute Gasteiger partial charge is 0.329 e.